The van der Waals surface area contributed by atoms with Gasteiger partial charge in [-0.3, -0.25) is 14.5 Å². The molecule has 1 saturated heterocycles. The molecular formula is C22H25F2N3O4. The van der Waals surface area contributed by atoms with Crippen LogP contribution in [0.3, 0.4) is 0 Å². The van der Waals surface area contributed by atoms with Gasteiger partial charge in [-0.1, -0.05) is 6.07 Å². The molecule has 1 N–H and O–H groups in total. The number of anilines is 1. The van der Waals surface area contributed by atoms with Crippen molar-refractivity contribution in [1.82, 2.24) is 9.80 Å². The monoisotopic (exact) mass is 433 g/mol. The molecule has 1 aliphatic heterocycles. The molecule has 0 bridgehead atoms. The van der Waals surface area contributed by atoms with E-state index in [9.17, 15) is 18.4 Å². The number of halogens is 2. The van der Waals surface area contributed by atoms with Crippen molar-refractivity contribution in [2.45, 2.75) is 13.0 Å². The van der Waals surface area contributed by atoms with Gasteiger partial charge in [-0.2, -0.15) is 0 Å². The third-order valence-corrected chi connectivity index (χ3v) is 5.37. The number of hydrogen-bond donors (Lipinski definition) is 1. The number of piperazine rings is 1. The van der Waals surface area contributed by atoms with Crippen molar-refractivity contribution in [2.24, 2.45) is 0 Å². The second kappa shape index (κ2) is 9.74. The summed E-state index contributed by atoms with van der Waals surface area (Å²) in [6.45, 7) is 3.40. The third-order valence-electron chi connectivity index (χ3n) is 5.37. The van der Waals surface area contributed by atoms with Crippen LogP contribution in [-0.2, 0) is 4.79 Å². The van der Waals surface area contributed by atoms with Gasteiger partial charge in [0.05, 0.1) is 20.3 Å². The van der Waals surface area contributed by atoms with Crippen LogP contribution in [0, 0.1) is 11.6 Å². The largest absolute Gasteiger partial charge is 0.493 e. The van der Waals surface area contributed by atoms with Crippen LogP contribution in [0.5, 0.6) is 11.5 Å². The summed E-state index contributed by atoms with van der Waals surface area (Å²) < 4.78 is 38.0. The Morgan fingerprint density at radius 2 is 1.58 bits per heavy atom. The summed E-state index contributed by atoms with van der Waals surface area (Å²) in [5, 5.41) is 2.32. The molecule has 0 aliphatic carbocycles. The highest BCUT2D eigenvalue weighted by Crippen LogP contribution is 2.28. The van der Waals surface area contributed by atoms with E-state index in [1.165, 1.54) is 20.3 Å². The minimum Gasteiger partial charge on any atom is -0.493 e. The molecule has 1 heterocycles. The lowest BCUT2D eigenvalue weighted by molar-refractivity contribution is -0.121. The number of nitrogens with zero attached hydrogens (tertiary/aromatic N) is 2. The molecule has 1 aliphatic rings. The van der Waals surface area contributed by atoms with E-state index in [0.717, 1.165) is 12.1 Å². The second-order valence-corrected chi connectivity index (χ2v) is 7.16. The topological polar surface area (TPSA) is 71.1 Å². The normalized spacial score (nSPS) is 15.3. The number of ether oxygens (including phenoxy) is 2. The lowest BCUT2D eigenvalue weighted by Crippen LogP contribution is -2.54. The fraction of sp³-hybridized carbons (Fsp3) is 0.364. The van der Waals surface area contributed by atoms with Crippen LogP contribution in [0.1, 0.15) is 17.3 Å². The summed E-state index contributed by atoms with van der Waals surface area (Å²) in [7, 11) is 3.03. The quantitative estimate of drug-likeness (QED) is 0.759. The van der Waals surface area contributed by atoms with Gasteiger partial charge >= 0.3 is 0 Å². The van der Waals surface area contributed by atoms with E-state index < -0.39 is 29.3 Å². The van der Waals surface area contributed by atoms with E-state index in [0.29, 0.717) is 43.2 Å². The van der Waals surface area contributed by atoms with Gasteiger partial charge in [-0.15, -0.1) is 0 Å². The minimum atomic E-state index is -0.828. The zero-order valence-corrected chi connectivity index (χ0v) is 17.7. The number of hydrogen-bond acceptors (Lipinski definition) is 5. The number of carbonyl (C=O) groups is 2. The summed E-state index contributed by atoms with van der Waals surface area (Å²) in [5.74, 6) is -1.31. The lowest BCUT2D eigenvalue weighted by atomic mass is 10.1. The molecule has 1 unspecified atom stereocenters. The Hall–Kier alpha value is -3.20. The molecule has 9 heteroatoms. The maximum atomic E-state index is 13.8. The van der Waals surface area contributed by atoms with Gasteiger partial charge in [0.25, 0.3) is 5.91 Å². The van der Waals surface area contributed by atoms with Crippen molar-refractivity contribution < 1.29 is 27.8 Å². The molecule has 166 valence electrons. The summed E-state index contributed by atoms with van der Waals surface area (Å²) in [5.41, 5.74) is 0.0218. The molecule has 0 saturated carbocycles. The standard InChI is InChI=1S/C22H25F2N3O4/c1-14(21(28)25-20-16(23)5-4-6-17(20)24)26-9-11-27(12-10-26)22(29)15-7-8-18(30-2)19(13-15)31-3/h4-8,13-14H,9-12H2,1-3H3,(H,25,28). The number of benzene rings is 2. The third kappa shape index (κ3) is 4.93. The molecule has 31 heavy (non-hydrogen) atoms. The zero-order chi connectivity index (χ0) is 22.5. The average Bonchev–Trinajstić information content (AvgIpc) is 2.80. The first-order chi connectivity index (χ1) is 14.8. The maximum Gasteiger partial charge on any atom is 0.254 e. The summed E-state index contributed by atoms with van der Waals surface area (Å²) in [4.78, 5) is 28.9. The summed E-state index contributed by atoms with van der Waals surface area (Å²) in [6.07, 6.45) is 0. The van der Waals surface area contributed by atoms with E-state index >= 15 is 0 Å². The molecule has 1 atom stereocenters. The highest BCUT2D eigenvalue weighted by Gasteiger charge is 2.29. The number of rotatable bonds is 6. The molecule has 0 spiro atoms. The number of carbonyl (C=O) groups excluding carboxylic acids is 2. The van der Waals surface area contributed by atoms with Crippen LogP contribution in [0.25, 0.3) is 0 Å². The van der Waals surface area contributed by atoms with Gasteiger partial charge in [0.1, 0.15) is 17.3 Å². The van der Waals surface area contributed by atoms with Crippen molar-refractivity contribution >= 4 is 17.5 Å². The van der Waals surface area contributed by atoms with Gasteiger partial charge in [-0.25, -0.2) is 8.78 Å². The molecular weight excluding hydrogens is 408 g/mol. The minimum absolute atomic E-state index is 0.147. The number of para-hydroxylation sites is 1. The fourth-order valence-electron chi connectivity index (χ4n) is 3.47. The molecule has 0 aromatic heterocycles. The van der Waals surface area contributed by atoms with E-state index in [1.807, 2.05) is 4.90 Å². The van der Waals surface area contributed by atoms with Crippen molar-refractivity contribution in [3.63, 3.8) is 0 Å². The molecule has 3 rings (SSSR count). The Balaban J connectivity index is 1.60. The van der Waals surface area contributed by atoms with E-state index in [4.69, 9.17) is 9.47 Å². The Labute approximate surface area is 179 Å². The Bertz CT molecular complexity index is 942. The van der Waals surface area contributed by atoms with Gasteiger partial charge < -0.3 is 19.7 Å². The van der Waals surface area contributed by atoms with Crippen molar-refractivity contribution in [1.29, 1.82) is 0 Å². The molecule has 2 amide bonds. The Morgan fingerprint density at radius 1 is 0.968 bits per heavy atom. The van der Waals surface area contributed by atoms with E-state index in [-0.39, 0.29) is 5.91 Å². The van der Waals surface area contributed by atoms with Crippen LogP contribution in [0.2, 0.25) is 0 Å². The van der Waals surface area contributed by atoms with Crippen LogP contribution >= 0.6 is 0 Å². The maximum absolute atomic E-state index is 13.8. The zero-order valence-electron chi connectivity index (χ0n) is 17.7. The number of nitrogens with one attached hydrogen (secondary N) is 1. The van der Waals surface area contributed by atoms with E-state index in [2.05, 4.69) is 5.32 Å². The van der Waals surface area contributed by atoms with Crippen LogP contribution in [0.4, 0.5) is 14.5 Å². The smallest absolute Gasteiger partial charge is 0.254 e. The number of amides is 2. The first kappa shape index (κ1) is 22.5. The fourth-order valence-corrected chi connectivity index (χ4v) is 3.47. The molecule has 2 aromatic carbocycles. The molecule has 1 fully saturated rings. The number of methoxy groups -OCH3 is 2. The van der Waals surface area contributed by atoms with E-state index in [1.54, 1.807) is 30.0 Å². The predicted molar refractivity (Wildman–Crippen MR) is 111 cm³/mol. The first-order valence-corrected chi connectivity index (χ1v) is 9.86. The molecule has 0 radical (unpaired) electrons. The lowest BCUT2D eigenvalue weighted by Gasteiger charge is -2.37. The van der Waals surface area contributed by atoms with Crippen LogP contribution in [0.15, 0.2) is 36.4 Å². The Morgan fingerprint density at radius 3 is 2.16 bits per heavy atom. The van der Waals surface area contributed by atoms with Crippen molar-refractivity contribution in [2.75, 3.05) is 45.7 Å². The highest BCUT2D eigenvalue weighted by atomic mass is 19.1. The summed E-state index contributed by atoms with van der Waals surface area (Å²) >= 11 is 0. The van der Waals surface area contributed by atoms with Crippen LogP contribution < -0.4 is 14.8 Å². The average molecular weight is 433 g/mol. The first-order valence-electron chi connectivity index (χ1n) is 9.86. The molecule has 7 nitrogen and oxygen atoms in total. The SMILES string of the molecule is COc1ccc(C(=O)N2CCN(C(C)C(=O)Nc3c(F)cccc3F)CC2)cc1OC. The van der Waals surface area contributed by atoms with Gasteiger partial charge in [0.15, 0.2) is 11.5 Å². The van der Waals surface area contributed by atoms with Gasteiger partial charge in [-0.05, 0) is 37.3 Å². The van der Waals surface area contributed by atoms with Gasteiger partial charge in [0, 0.05) is 31.7 Å². The van der Waals surface area contributed by atoms with Crippen molar-refractivity contribution in [3.05, 3.63) is 53.6 Å². The van der Waals surface area contributed by atoms with Crippen molar-refractivity contribution in [3.8, 4) is 11.5 Å². The molecule has 2 aromatic rings. The second-order valence-electron chi connectivity index (χ2n) is 7.16. The summed E-state index contributed by atoms with van der Waals surface area (Å²) in [6, 6.07) is 7.78. The predicted octanol–water partition coefficient (Wildman–Crippen LogP) is 2.77. The van der Waals surface area contributed by atoms with Gasteiger partial charge in [0.2, 0.25) is 5.91 Å². The van der Waals surface area contributed by atoms with Crippen LogP contribution in [-0.4, -0.2) is 68.1 Å². The highest BCUT2D eigenvalue weighted by molar-refractivity contribution is 5.96. The Kier molecular flexibility index (Phi) is 7.06.